The van der Waals surface area contributed by atoms with E-state index in [4.69, 9.17) is 0 Å². The van der Waals surface area contributed by atoms with Crippen molar-refractivity contribution in [2.75, 3.05) is 0 Å². The van der Waals surface area contributed by atoms with E-state index in [0.717, 1.165) is 11.8 Å². The van der Waals surface area contributed by atoms with Gasteiger partial charge in [-0.05, 0) is 54.7 Å². The molecule has 1 aromatic carbocycles. The second kappa shape index (κ2) is 6.78. The zero-order chi connectivity index (χ0) is 12.8. The van der Waals surface area contributed by atoms with E-state index in [1.54, 1.807) is 12.1 Å². The van der Waals surface area contributed by atoms with Crippen molar-refractivity contribution in [1.82, 2.24) is 0 Å². The van der Waals surface area contributed by atoms with E-state index in [9.17, 15) is 4.39 Å². The van der Waals surface area contributed by atoms with Crippen LogP contribution < -0.4 is 0 Å². The summed E-state index contributed by atoms with van der Waals surface area (Å²) in [7, 11) is 0. The highest BCUT2D eigenvalue weighted by Crippen LogP contribution is 2.41. The van der Waals surface area contributed by atoms with Crippen LogP contribution in [-0.2, 0) is 0 Å². The summed E-state index contributed by atoms with van der Waals surface area (Å²) in [6, 6.07) is 7.06. The maximum Gasteiger partial charge on any atom is 0.123 e. The second-order valence-electron chi connectivity index (χ2n) is 5.07. The molecule has 1 saturated carbocycles. The second-order valence-corrected chi connectivity index (χ2v) is 5.07. The summed E-state index contributed by atoms with van der Waals surface area (Å²) in [6.07, 6.45) is 3.89. The van der Waals surface area contributed by atoms with Gasteiger partial charge < -0.3 is 0 Å². The predicted octanol–water partition coefficient (Wildman–Crippen LogP) is 5.39. The van der Waals surface area contributed by atoms with Crippen molar-refractivity contribution in [3.05, 3.63) is 35.6 Å². The molecule has 96 valence electrons. The third kappa shape index (κ3) is 3.83. The van der Waals surface area contributed by atoms with E-state index in [2.05, 4.69) is 13.8 Å². The maximum absolute atomic E-state index is 12.8. The zero-order valence-corrected chi connectivity index (χ0v) is 11.5. The minimum absolute atomic E-state index is 0.128. The van der Waals surface area contributed by atoms with Crippen LogP contribution in [0.2, 0.25) is 0 Å². The lowest BCUT2D eigenvalue weighted by atomic mass is 9.91. The quantitative estimate of drug-likeness (QED) is 0.645. The first-order valence-corrected chi connectivity index (χ1v) is 6.92. The van der Waals surface area contributed by atoms with Crippen molar-refractivity contribution in [2.24, 2.45) is 11.8 Å². The summed E-state index contributed by atoms with van der Waals surface area (Å²) in [4.78, 5) is 0. The van der Waals surface area contributed by atoms with Crippen molar-refractivity contribution in [3.63, 3.8) is 0 Å². The zero-order valence-electron chi connectivity index (χ0n) is 11.5. The minimum Gasteiger partial charge on any atom is -0.207 e. The summed E-state index contributed by atoms with van der Waals surface area (Å²) in [5.74, 6) is 2.19. The first kappa shape index (κ1) is 14.2. The minimum atomic E-state index is -0.128. The smallest absolute Gasteiger partial charge is 0.123 e. The van der Waals surface area contributed by atoms with Gasteiger partial charge in [-0.1, -0.05) is 39.8 Å². The van der Waals surface area contributed by atoms with Crippen molar-refractivity contribution < 1.29 is 4.39 Å². The van der Waals surface area contributed by atoms with E-state index in [1.165, 1.54) is 24.8 Å². The van der Waals surface area contributed by atoms with Crippen molar-refractivity contribution in [2.45, 2.75) is 52.9 Å². The molecular formula is C16H25F. The Bertz CT molecular complexity index is 313. The first-order chi connectivity index (χ1) is 8.16. The van der Waals surface area contributed by atoms with Gasteiger partial charge in [0.25, 0.3) is 0 Å². The molecule has 0 saturated heterocycles. The van der Waals surface area contributed by atoms with Crippen molar-refractivity contribution >= 4 is 0 Å². The average molecular weight is 236 g/mol. The Morgan fingerprint density at radius 2 is 1.65 bits per heavy atom. The standard InChI is InChI=1S/C14H19F.C2H6/c1-10(2)12-3-4-13(9-12)11-5-7-14(15)8-6-11;1-2/h5-8,10,12-13H,3-4,9H2,1-2H3;1-2H3. The van der Waals surface area contributed by atoms with E-state index in [1.807, 2.05) is 26.0 Å². The Morgan fingerprint density at radius 3 is 2.12 bits per heavy atom. The molecule has 0 aliphatic heterocycles. The van der Waals surface area contributed by atoms with Gasteiger partial charge in [-0.15, -0.1) is 0 Å². The van der Waals surface area contributed by atoms with Gasteiger partial charge in [-0.25, -0.2) is 4.39 Å². The predicted molar refractivity (Wildman–Crippen MR) is 72.7 cm³/mol. The highest BCUT2D eigenvalue weighted by molar-refractivity contribution is 5.21. The SMILES string of the molecule is CC.CC(C)C1CCC(c2ccc(F)cc2)C1. The summed E-state index contributed by atoms with van der Waals surface area (Å²) in [5, 5.41) is 0. The molecule has 1 aliphatic carbocycles. The molecule has 0 nitrogen and oxygen atoms in total. The maximum atomic E-state index is 12.8. The monoisotopic (exact) mass is 236 g/mol. The van der Waals surface area contributed by atoms with Crippen LogP contribution in [0.3, 0.4) is 0 Å². The molecule has 0 aromatic heterocycles. The number of hydrogen-bond donors (Lipinski definition) is 0. The lowest BCUT2D eigenvalue weighted by molar-refractivity contribution is 0.391. The van der Waals surface area contributed by atoms with Gasteiger partial charge in [-0.3, -0.25) is 0 Å². The van der Waals surface area contributed by atoms with Crippen LogP contribution in [0.15, 0.2) is 24.3 Å². The van der Waals surface area contributed by atoms with Gasteiger partial charge in [-0.2, -0.15) is 0 Å². The van der Waals surface area contributed by atoms with E-state index in [-0.39, 0.29) is 5.82 Å². The molecule has 17 heavy (non-hydrogen) atoms. The molecule has 1 aromatic rings. The van der Waals surface area contributed by atoms with Gasteiger partial charge >= 0.3 is 0 Å². The average Bonchev–Trinajstić information content (AvgIpc) is 2.82. The Balaban J connectivity index is 0.000000686. The van der Waals surface area contributed by atoms with E-state index < -0.39 is 0 Å². The summed E-state index contributed by atoms with van der Waals surface area (Å²) < 4.78 is 12.8. The fourth-order valence-electron chi connectivity index (χ4n) is 2.66. The lowest BCUT2D eigenvalue weighted by Crippen LogP contribution is -2.03. The van der Waals surface area contributed by atoms with Gasteiger partial charge in [0, 0.05) is 0 Å². The lowest BCUT2D eigenvalue weighted by Gasteiger charge is -2.14. The van der Waals surface area contributed by atoms with Crippen LogP contribution in [0.25, 0.3) is 0 Å². The van der Waals surface area contributed by atoms with E-state index in [0.29, 0.717) is 5.92 Å². The molecule has 2 atom stereocenters. The van der Waals surface area contributed by atoms with Crippen LogP contribution in [-0.4, -0.2) is 0 Å². The summed E-state index contributed by atoms with van der Waals surface area (Å²) in [6.45, 7) is 8.61. The van der Waals surface area contributed by atoms with Crippen molar-refractivity contribution in [3.8, 4) is 0 Å². The number of halogens is 1. The molecule has 2 rings (SSSR count). The third-order valence-corrected chi connectivity index (χ3v) is 3.76. The number of rotatable bonds is 2. The van der Waals surface area contributed by atoms with E-state index >= 15 is 0 Å². The molecule has 0 heterocycles. The molecule has 2 unspecified atom stereocenters. The Morgan fingerprint density at radius 1 is 1.06 bits per heavy atom. The molecule has 0 spiro atoms. The Hall–Kier alpha value is -0.850. The van der Waals surface area contributed by atoms with Crippen molar-refractivity contribution in [1.29, 1.82) is 0 Å². The number of hydrogen-bond acceptors (Lipinski definition) is 0. The van der Waals surface area contributed by atoms with Crippen LogP contribution in [0.1, 0.15) is 58.4 Å². The van der Waals surface area contributed by atoms with Crippen LogP contribution >= 0.6 is 0 Å². The Labute approximate surface area is 105 Å². The van der Waals surface area contributed by atoms with Crippen LogP contribution in [0.4, 0.5) is 4.39 Å². The molecular weight excluding hydrogens is 211 g/mol. The Kier molecular flexibility index (Phi) is 5.67. The highest BCUT2D eigenvalue weighted by atomic mass is 19.1. The van der Waals surface area contributed by atoms with Gasteiger partial charge in [0.1, 0.15) is 5.82 Å². The third-order valence-electron chi connectivity index (χ3n) is 3.76. The normalized spacial score (nSPS) is 23.4. The topological polar surface area (TPSA) is 0 Å². The van der Waals surface area contributed by atoms with Crippen LogP contribution in [0.5, 0.6) is 0 Å². The summed E-state index contributed by atoms with van der Waals surface area (Å²) >= 11 is 0. The fourth-order valence-corrected chi connectivity index (χ4v) is 2.66. The largest absolute Gasteiger partial charge is 0.207 e. The molecule has 0 amide bonds. The molecule has 1 aliphatic rings. The van der Waals surface area contributed by atoms with Crippen LogP contribution in [0, 0.1) is 17.7 Å². The van der Waals surface area contributed by atoms with Gasteiger partial charge in [0.2, 0.25) is 0 Å². The van der Waals surface area contributed by atoms with Gasteiger partial charge in [0.05, 0.1) is 0 Å². The highest BCUT2D eigenvalue weighted by Gasteiger charge is 2.27. The fraction of sp³-hybridized carbons (Fsp3) is 0.625. The molecule has 0 bridgehead atoms. The van der Waals surface area contributed by atoms with Gasteiger partial charge in [0.15, 0.2) is 0 Å². The molecule has 0 radical (unpaired) electrons. The molecule has 0 N–H and O–H groups in total. The molecule has 1 heteroatoms. The summed E-state index contributed by atoms with van der Waals surface area (Å²) in [5.41, 5.74) is 1.32. The molecule has 1 fully saturated rings. The first-order valence-electron chi connectivity index (χ1n) is 6.92. The number of benzene rings is 1.